The van der Waals surface area contributed by atoms with Crippen molar-refractivity contribution in [2.45, 2.75) is 4.90 Å². The van der Waals surface area contributed by atoms with Crippen LogP contribution in [0.1, 0.15) is 5.56 Å². The van der Waals surface area contributed by atoms with Gasteiger partial charge < -0.3 is 9.47 Å². The molecule has 1 saturated heterocycles. The molecule has 1 aliphatic rings. The Labute approximate surface area is 154 Å². The van der Waals surface area contributed by atoms with E-state index in [4.69, 9.17) is 4.74 Å². The van der Waals surface area contributed by atoms with Gasteiger partial charge in [-0.3, -0.25) is 10.1 Å². The first-order valence-electron chi connectivity index (χ1n) is 7.02. The summed E-state index contributed by atoms with van der Waals surface area (Å²) in [6, 6.07) is 4.50. The van der Waals surface area contributed by atoms with E-state index in [9.17, 15) is 18.0 Å². The molecule has 11 heteroatoms. The maximum absolute atomic E-state index is 11.9. The molecule has 0 bridgehead atoms. The van der Waals surface area contributed by atoms with E-state index in [1.165, 1.54) is 32.6 Å². The summed E-state index contributed by atoms with van der Waals surface area (Å²) in [6.45, 7) is 0. The molecular weight excluding hydrogens is 382 g/mol. The van der Waals surface area contributed by atoms with Gasteiger partial charge in [-0.15, -0.1) is 5.10 Å². The second-order valence-electron chi connectivity index (χ2n) is 4.91. The Morgan fingerprint density at radius 3 is 2.65 bits per heavy atom. The standard InChI is InChI=1S/C15H15N3O6S2/c1-23-10-5-4-9(12(6-10)26(3,21)22)8-16-18-15-17-14(20)11(25-15)7-13(19)24-2/h4-8H,1-3H3,(H,17,18,20)/b11-7+,16-8?. The van der Waals surface area contributed by atoms with Crippen LogP contribution < -0.4 is 10.1 Å². The van der Waals surface area contributed by atoms with E-state index in [0.717, 1.165) is 24.1 Å². The van der Waals surface area contributed by atoms with Gasteiger partial charge in [-0.1, -0.05) is 0 Å². The second-order valence-corrected chi connectivity index (χ2v) is 7.93. The van der Waals surface area contributed by atoms with Crippen molar-refractivity contribution >= 4 is 44.9 Å². The third-order valence-corrected chi connectivity index (χ3v) is 5.12. The van der Waals surface area contributed by atoms with Crippen molar-refractivity contribution in [2.24, 2.45) is 10.2 Å². The summed E-state index contributed by atoms with van der Waals surface area (Å²) in [6.07, 6.45) is 3.36. The molecule has 1 heterocycles. The minimum atomic E-state index is -3.50. The number of methoxy groups -OCH3 is 2. The monoisotopic (exact) mass is 397 g/mol. The molecule has 2 rings (SSSR count). The zero-order valence-corrected chi connectivity index (χ0v) is 15.7. The molecule has 26 heavy (non-hydrogen) atoms. The van der Waals surface area contributed by atoms with E-state index in [1.807, 2.05) is 0 Å². The molecule has 1 amide bonds. The van der Waals surface area contributed by atoms with Crippen molar-refractivity contribution in [1.82, 2.24) is 5.32 Å². The average molecular weight is 397 g/mol. The predicted octanol–water partition coefficient (Wildman–Crippen LogP) is 0.708. The summed E-state index contributed by atoms with van der Waals surface area (Å²) in [5.74, 6) is -0.774. The fourth-order valence-electron chi connectivity index (χ4n) is 1.85. The zero-order chi connectivity index (χ0) is 19.3. The minimum Gasteiger partial charge on any atom is -0.497 e. The van der Waals surface area contributed by atoms with Gasteiger partial charge in [0.25, 0.3) is 5.91 Å². The van der Waals surface area contributed by atoms with Gasteiger partial charge in [0, 0.05) is 17.9 Å². The van der Waals surface area contributed by atoms with Crippen LogP contribution in [0.4, 0.5) is 0 Å². The van der Waals surface area contributed by atoms with Crippen LogP contribution in [-0.4, -0.2) is 52.2 Å². The number of carbonyl (C=O) groups is 2. The number of nitrogens with one attached hydrogen (secondary N) is 1. The van der Waals surface area contributed by atoms with E-state index in [-0.39, 0.29) is 15.0 Å². The number of nitrogens with zero attached hydrogens (tertiary/aromatic N) is 2. The quantitative estimate of drug-likeness (QED) is 0.336. The molecule has 0 radical (unpaired) electrons. The molecule has 1 fully saturated rings. The third kappa shape index (κ3) is 4.92. The van der Waals surface area contributed by atoms with E-state index in [2.05, 4.69) is 20.3 Å². The summed E-state index contributed by atoms with van der Waals surface area (Å²) < 4.78 is 33.3. The molecule has 138 valence electrons. The van der Waals surface area contributed by atoms with Gasteiger partial charge in [0.15, 0.2) is 15.0 Å². The number of hydrogen-bond acceptors (Lipinski definition) is 9. The van der Waals surface area contributed by atoms with E-state index in [0.29, 0.717) is 11.3 Å². The maximum atomic E-state index is 11.9. The first-order chi connectivity index (χ1) is 12.2. The lowest BCUT2D eigenvalue weighted by atomic mass is 10.2. The second kappa shape index (κ2) is 8.15. The van der Waals surface area contributed by atoms with Crippen LogP contribution in [0.2, 0.25) is 0 Å². The van der Waals surface area contributed by atoms with Crippen molar-refractivity contribution in [1.29, 1.82) is 0 Å². The molecule has 9 nitrogen and oxygen atoms in total. The summed E-state index contributed by atoms with van der Waals surface area (Å²) in [4.78, 5) is 23.0. The van der Waals surface area contributed by atoms with E-state index < -0.39 is 21.7 Å². The van der Waals surface area contributed by atoms with Crippen molar-refractivity contribution in [3.63, 3.8) is 0 Å². The number of carbonyl (C=O) groups excluding carboxylic acids is 2. The molecule has 0 aliphatic carbocycles. The number of thioether (sulfide) groups is 1. The predicted molar refractivity (Wildman–Crippen MR) is 97.0 cm³/mol. The van der Waals surface area contributed by atoms with Crippen LogP contribution >= 0.6 is 11.8 Å². The van der Waals surface area contributed by atoms with Gasteiger partial charge in [0.1, 0.15) is 5.75 Å². The molecule has 1 aromatic rings. The summed E-state index contributed by atoms with van der Waals surface area (Å²) in [5.41, 5.74) is 0.317. The zero-order valence-electron chi connectivity index (χ0n) is 14.0. The van der Waals surface area contributed by atoms with Crippen LogP contribution in [0, 0.1) is 0 Å². The van der Waals surface area contributed by atoms with Crippen molar-refractivity contribution < 1.29 is 27.5 Å². The Hall–Kier alpha value is -2.66. The first-order valence-corrected chi connectivity index (χ1v) is 9.73. The fourth-order valence-corrected chi connectivity index (χ4v) is 3.47. The van der Waals surface area contributed by atoms with Crippen molar-refractivity contribution in [2.75, 3.05) is 20.5 Å². The van der Waals surface area contributed by atoms with Crippen LogP contribution in [0.5, 0.6) is 5.75 Å². The Morgan fingerprint density at radius 1 is 1.31 bits per heavy atom. The van der Waals surface area contributed by atoms with Gasteiger partial charge in [-0.2, -0.15) is 5.10 Å². The Morgan fingerprint density at radius 2 is 2.04 bits per heavy atom. The number of amidine groups is 1. The van der Waals surface area contributed by atoms with Gasteiger partial charge in [0.05, 0.1) is 30.2 Å². The lowest BCUT2D eigenvalue weighted by Crippen LogP contribution is -2.19. The number of sulfone groups is 1. The summed E-state index contributed by atoms with van der Waals surface area (Å²) in [7, 11) is -0.875. The van der Waals surface area contributed by atoms with Crippen LogP contribution in [0.15, 0.2) is 44.3 Å². The molecular formula is C15H15N3O6S2. The van der Waals surface area contributed by atoms with E-state index in [1.54, 1.807) is 6.07 Å². The van der Waals surface area contributed by atoms with Crippen molar-refractivity contribution in [3.8, 4) is 5.75 Å². The molecule has 0 unspecified atom stereocenters. The topological polar surface area (TPSA) is 123 Å². The van der Waals surface area contributed by atoms with Crippen LogP contribution in [0.3, 0.4) is 0 Å². The minimum absolute atomic E-state index is 0.0372. The van der Waals surface area contributed by atoms with Crippen LogP contribution in [0.25, 0.3) is 0 Å². The largest absolute Gasteiger partial charge is 0.497 e. The number of rotatable bonds is 5. The smallest absolute Gasteiger partial charge is 0.331 e. The summed E-state index contributed by atoms with van der Waals surface area (Å²) >= 11 is 0.911. The number of esters is 1. The number of benzene rings is 1. The first kappa shape index (κ1) is 19.7. The van der Waals surface area contributed by atoms with Crippen molar-refractivity contribution in [3.05, 3.63) is 34.7 Å². The molecule has 1 N–H and O–H groups in total. The highest BCUT2D eigenvalue weighted by Gasteiger charge is 2.25. The van der Waals surface area contributed by atoms with Gasteiger partial charge >= 0.3 is 5.97 Å². The average Bonchev–Trinajstić information content (AvgIpc) is 2.93. The Bertz CT molecular complexity index is 935. The molecule has 0 spiro atoms. The highest BCUT2D eigenvalue weighted by atomic mass is 32.2. The molecule has 0 saturated carbocycles. The number of ether oxygens (including phenoxy) is 2. The molecule has 1 aromatic carbocycles. The summed E-state index contributed by atoms with van der Waals surface area (Å²) in [5, 5.41) is 10.2. The Balaban J connectivity index is 2.24. The lowest BCUT2D eigenvalue weighted by Gasteiger charge is -2.06. The van der Waals surface area contributed by atoms with Gasteiger partial charge in [0.2, 0.25) is 0 Å². The maximum Gasteiger partial charge on any atom is 0.331 e. The van der Waals surface area contributed by atoms with Gasteiger partial charge in [-0.25, -0.2) is 13.2 Å². The van der Waals surface area contributed by atoms with Gasteiger partial charge in [-0.05, 0) is 30.0 Å². The fraction of sp³-hybridized carbons (Fsp3) is 0.200. The normalized spacial score (nSPS) is 17.7. The van der Waals surface area contributed by atoms with Crippen LogP contribution in [-0.2, 0) is 24.2 Å². The number of hydrogen-bond donors (Lipinski definition) is 1. The lowest BCUT2D eigenvalue weighted by molar-refractivity contribution is -0.135. The SMILES string of the molecule is COC(=O)/C=C1/S/C(=N\N=Cc2ccc(OC)cc2S(C)(=O)=O)NC1=O. The molecule has 0 aromatic heterocycles. The van der Waals surface area contributed by atoms with E-state index >= 15 is 0 Å². The highest BCUT2D eigenvalue weighted by molar-refractivity contribution is 8.18. The molecule has 1 aliphatic heterocycles. The number of amides is 1. The molecule has 0 atom stereocenters. The third-order valence-electron chi connectivity index (χ3n) is 3.07. The Kier molecular flexibility index (Phi) is 6.16. The highest BCUT2D eigenvalue weighted by Crippen LogP contribution is 2.24.